The van der Waals surface area contributed by atoms with Crippen LogP contribution < -0.4 is 5.32 Å². The Bertz CT molecular complexity index is 1080. The molecule has 0 radical (unpaired) electrons. The first-order valence-electron chi connectivity index (χ1n) is 8.59. The lowest BCUT2D eigenvalue weighted by atomic mass is 10.1. The Morgan fingerprint density at radius 2 is 1.79 bits per heavy atom. The Kier molecular flexibility index (Phi) is 4.71. The highest BCUT2D eigenvalue weighted by Gasteiger charge is 2.36. The average molecular weight is 395 g/mol. The predicted octanol–water partition coefficient (Wildman–Crippen LogP) is 3.66. The van der Waals surface area contributed by atoms with E-state index in [1.807, 2.05) is 18.2 Å². The second kappa shape index (κ2) is 7.32. The lowest BCUT2D eigenvalue weighted by Gasteiger charge is -2.11. The van der Waals surface area contributed by atoms with Gasteiger partial charge in [-0.15, -0.1) is 0 Å². The van der Waals surface area contributed by atoms with E-state index in [4.69, 9.17) is 16.0 Å². The third-order valence-electron chi connectivity index (χ3n) is 4.52. The van der Waals surface area contributed by atoms with E-state index in [0.717, 1.165) is 10.5 Å². The zero-order chi connectivity index (χ0) is 19.7. The number of halogens is 1. The minimum atomic E-state index is -0.447. The third kappa shape index (κ3) is 3.30. The van der Waals surface area contributed by atoms with Crippen molar-refractivity contribution in [2.45, 2.75) is 13.1 Å². The highest BCUT2D eigenvalue weighted by Crippen LogP contribution is 2.26. The van der Waals surface area contributed by atoms with Crippen LogP contribution in [0, 0.1) is 0 Å². The maximum atomic E-state index is 12.6. The van der Waals surface area contributed by atoms with Crippen molar-refractivity contribution in [1.29, 1.82) is 0 Å². The van der Waals surface area contributed by atoms with E-state index >= 15 is 0 Å². The van der Waals surface area contributed by atoms with E-state index in [9.17, 15) is 14.4 Å². The van der Waals surface area contributed by atoms with Crippen LogP contribution in [-0.4, -0.2) is 22.6 Å². The first-order valence-corrected chi connectivity index (χ1v) is 8.96. The fraction of sp³-hybridized carbons (Fsp3) is 0.0952. The molecule has 0 saturated carbocycles. The number of imide groups is 1. The predicted molar refractivity (Wildman–Crippen MR) is 102 cm³/mol. The molecule has 0 aliphatic carbocycles. The summed E-state index contributed by atoms with van der Waals surface area (Å²) in [6.07, 6.45) is 1.48. The Balaban J connectivity index is 1.51. The molecule has 2 aromatic carbocycles. The monoisotopic (exact) mass is 394 g/mol. The largest absolute Gasteiger partial charge is 0.467 e. The van der Waals surface area contributed by atoms with Gasteiger partial charge in [-0.05, 0) is 42.0 Å². The van der Waals surface area contributed by atoms with Gasteiger partial charge in [-0.25, -0.2) is 0 Å². The van der Waals surface area contributed by atoms with Crippen molar-refractivity contribution in [3.63, 3.8) is 0 Å². The molecule has 0 unspecified atom stereocenters. The number of hydrogen-bond acceptors (Lipinski definition) is 4. The molecule has 0 saturated heterocycles. The highest BCUT2D eigenvalue weighted by atomic mass is 35.5. The van der Waals surface area contributed by atoms with Crippen LogP contribution in [0.1, 0.15) is 42.4 Å². The summed E-state index contributed by atoms with van der Waals surface area (Å²) in [4.78, 5) is 38.7. The maximum Gasteiger partial charge on any atom is 0.261 e. The van der Waals surface area contributed by atoms with Gasteiger partial charge in [0, 0.05) is 17.1 Å². The van der Waals surface area contributed by atoms with E-state index in [1.165, 1.54) is 24.5 Å². The highest BCUT2D eigenvalue weighted by molar-refractivity contribution is 6.31. The molecular weight excluding hydrogens is 380 g/mol. The number of carbonyl (C=O) groups excluding carboxylic acids is 3. The molecule has 3 amide bonds. The van der Waals surface area contributed by atoms with Crippen molar-refractivity contribution in [3.05, 3.63) is 93.9 Å². The number of nitrogens with one attached hydrogen (secondary N) is 1. The molecule has 1 aliphatic heterocycles. The molecule has 0 fully saturated rings. The number of nitrogens with zero attached hydrogens (tertiary/aromatic N) is 1. The summed E-state index contributed by atoms with van der Waals surface area (Å²) < 4.78 is 5.22. The Morgan fingerprint density at radius 3 is 2.54 bits per heavy atom. The Hall–Kier alpha value is -3.38. The Labute approximate surface area is 165 Å². The minimum Gasteiger partial charge on any atom is -0.467 e. The van der Waals surface area contributed by atoms with Crippen LogP contribution in [0.4, 0.5) is 0 Å². The summed E-state index contributed by atoms with van der Waals surface area (Å²) in [6.45, 7) is 0.306. The standard InChI is InChI=1S/C21H15ClN2O4/c22-18-6-2-1-4-14(18)11-23-19(25)13-7-8-16-17(10-13)21(27)24(20(16)26)12-15-5-3-9-28-15/h1-10H,11-12H2,(H,23,25). The van der Waals surface area contributed by atoms with Crippen molar-refractivity contribution >= 4 is 29.3 Å². The van der Waals surface area contributed by atoms with Crippen molar-refractivity contribution in [1.82, 2.24) is 10.2 Å². The van der Waals surface area contributed by atoms with Gasteiger partial charge in [0.2, 0.25) is 0 Å². The molecular formula is C21H15ClN2O4. The van der Waals surface area contributed by atoms with E-state index < -0.39 is 11.8 Å². The molecule has 4 rings (SSSR count). The van der Waals surface area contributed by atoms with Crippen molar-refractivity contribution in [3.8, 4) is 0 Å². The summed E-state index contributed by atoms with van der Waals surface area (Å²) in [5, 5.41) is 3.33. The van der Waals surface area contributed by atoms with Gasteiger partial charge in [-0.1, -0.05) is 29.8 Å². The molecule has 6 nitrogen and oxygen atoms in total. The van der Waals surface area contributed by atoms with Crippen LogP contribution in [0.2, 0.25) is 5.02 Å². The molecule has 1 N–H and O–H groups in total. The van der Waals surface area contributed by atoms with Crippen LogP contribution in [-0.2, 0) is 13.1 Å². The fourth-order valence-corrected chi connectivity index (χ4v) is 3.26. The normalized spacial score (nSPS) is 13.0. The number of furan rings is 1. The molecule has 0 spiro atoms. The van der Waals surface area contributed by atoms with Crippen molar-refractivity contribution in [2.75, 3.05) is 0 Å². The molecule has 3 aromatic rings. The number of rotatable bonds is 5. The minimum absolute atomic E-state index is 0.0490. The lowest BCUT2D eigenvalue weighted by Crippen LogP contribution is -2.28. The van der Waals surface area contributed by atoms with Crippen molar-refractivity contribution in [2.24, 2.45) is 0 Å². The lowest BCUT2D eigenvalue weighted by molar-refractivity contribution is 0.0631. The van der Waals surface area contributed by atoms with Gasteiger partial charge in [-0.3, -0.25) is 19.3 Å². The summed E-state index contributed by atoms with van der Waals surface area (Å²) >= 11 is 6.09. The number of benzene rings is 2. The molecule has 0 atom stereocenters. The van der Waals surface area contributed by atoms with E-state index in [2.05, 4.69) is 5.32 Å². The molecule has 1 aliphatic rings. The first-order chi connectivity index (χ1) is 13.5. The molecule has 7 heteroatoms. The molecule has 28 heavy (non-hydrogen) atoms. The van der Waals surface area contributed by atoms with Gasteiger partial charge in [0.15, 0.2) is 0 Å². The summed E-state index contributed by atoms with van der Waals surface area (Å²) in [6, 6.07) is 15.1. The third-order valence-corrected chi connectivity index (χ3v) is 4.89. The topological polar surface area (TPSA) is 79.6 Å². The molecule has 140 valence electrons. The van der Waals surface area contributed by atoms with Crippen LogP contribution in [0.25, 0.3) is 0 Å². The number of fused-ring (bicyclic) bond motifs is 1. The molecule has 1 aromatic heterocycles. The second-order valence-corrected chi connectivity index (χ2v) is 6.72. The van der Waals surface area contributed by atoms with E-state index in [1.54, 1.807) is 18.2 Å². The summed E-state index contributed by atoms with van der Waals surface area (Å²) in [7, 11) is 0. The number of amides is 3. The number of hydrogen-bond donors (Lipinski definition) is 1. The van der Waals surface area contributed by atoms with Crippen molar-refractivity contribution < 1.29 is 18.8 Å². The van der Waals surface area contributed by atoms with Crippen LogP contribution in [0.15, 0.2) is 65.3 Å². The zero-order valence-electron chi connectivity index (χ0n) is 14.6. The maximum absolute atomic E-state index is 12.6. The first kappa shape index (κ1) is 18.0. The Morgan fingerprint density at radius 1 is 1.00 bits per heavy atom. The van der Waals surface area contributed by atoms with E-state index in [0.29, 0.717) is 16.3 Å². The van der Waals surface area contributed by atoms with E-state index in [-0.39, 0.29) is 30.1 Å². The van der Waals surface area contributed by atoms with Crippen LogP contribution in [0.5, 0.6) is 0 Å². The molecule has 0 bridgehead atoms. The van der Waals surface area contributed by atoms with Gasteiger partial charge >= 0.3 is 0 Å². The van der Waals surface area contributed by atoms with Gasteiger partial charge in [-0.2, -0.15) is 0 Å². The quantitative estimate of drug-likeness (QED) is 0.670. The average Bonchev–Trinajstić information content (AvgIpc) is 3.30. The van der Waals surface area contributed by atoms with Gasteiger partial charge in [0.05, 0.1) is 23.9 Å². The van der Waals surface area contributed by atoms with Crippen LogP contribution >= 0.6 is 11.6 Å². The van der Waals surface area contributed by atoms with Gasteiger partial charge in [0.25, 0.3) is 17.7 Å². The summed E-state index contributed by atoms with van der Waals surface area (Å²) in [5.41, 5.74) is 1.57. The molecule has 2 heterocycles. The summed E-state index contributed by atoms with van der Waals surface area (Å²) in [5.74, 6) is -0.698. The zero-order valence-corrected chi connectivity index (χ0v) is 15.4. The van der Waals surface area contributed by atoms with Gasteiger partial charge < -0.3 is 9.73 Å². The second-order valence-electron chi connectivity index (χ2n) is 6.31. The fourth-order valence-electron chi connectivity index (χ4n) is 3.05. The number of carbonyl (C=O) groups is 3. The smallest absolute Gasteiger partial charge is 0.261 e. The van der Waals surface area contributed by atoms with Crippen LogP contribution in [0.3, 0.4) is 0 Å². The van der Waals surface area contributed by atoms with Gasteiger partial charge in [0.1, 0.15) is 5.76 Å². The SMILES string of the molecule is O=C(NCc1ccccc1Cl)c1ccc2c(c1)C(=O)N(Cc1ccco1)C2=O.